The number of rotatable bonds is 4. The van der Waals surface area contributed by atoms with Crippen LogP contribution < -0.4 is 5.32 Å². The molecule has 3 atom stereocenters. The van der Waals surface area contributed by atoms with E-state index in [2.05, 4.69) is 5.32 Å². The van der Waals surface area contributed by atoms with Crippen molar-refractivity contribution in [3.8, 4) is 0 Å². The lowest BCUT2D eigenvalue weighted by Gasteiger charge is -2.45. The smallest absolute Gasteiger partial charge is 0.317 e. The third-order valence-electron chi connectivity index (χ3n) is 4.94. The van der Waals surface area contributed by atoms with Crippen molar-refractivity contribution in [2.45, 2.75) is 50.3 Å². The van der Waals surface area contributed by atoms with Crippen LogP contribution in [0.25, 0.3) is 0 Å². The van der Waals surface area contributed by atoms with E-state index in [0.29, 0.717) is 18.0 Å². The SMILES string of the molecule is CCC(C)NC(=O)N1C[C@@H]2CN(S(=O)(=O)c3cccc(C)c3)C[C@H](C1)O2. The molecule has 0 aliphatic carbocycles. The number of nitrogens with zero attached hydrogens (tertiary/aromatic N) is 2. The van der Waals surface area contributed by atoms with E-state index in [0.717, 1.165) is 12.0 Å². The van der Waals surface area contributed by atoms with Crippen LogP contribution in [0.2, 0.25) is 0 Å². The Balaban J connectivity index is 1.69. The predicted molar refractivity (Wildman–Crippen MR) is 98.5 cm³/mol. The monoisotopic (exact) mass is 381 g/mol. The fraction of sp³-hybridized carbons (Fsp3) is 0.611. The van der Waals surface area contributed by atoms with Crippen LogP contribution in [0.15, 0.2) is 29.2 Å². The molecule has 144 valence electrons. The number of urea groups is 1. The molecule has 2 amide bonds. The van der Waals surface area contributed by atoms with E-state index in [9.17, 15) is 13.2 Å². The van der Waals surface area contributed by atoms with E-state index in [4.69, 9.17) is 4.74 Å². The van der Waals surface area contributed by atoms with Gasteiger partial charge in [-0.3, -0.25) is 0 Å². The van der Waals surface area contributed by atoms with Crippen LogP contribution in [0.4, 0.5) is 4.79 Å². The van der Waals surface area contributed by atoms with Crippen molar-refractivity contribution < 1.29 is 17.9 Å². The maximum absolute atomic E-state index is 12.9. The van der Waals surface area contributed by atoms with Crippen LogP contribution in [0.5, 0.6) is 0 Å². The van der Waals surface area contributed by atoms with Crippen molar-refractivity contribution in [1.29, 1.82) is 0 Å². The minimum Gasteiger partial charge on any atom is -0.369 e. The molecule has 1 aromatic carbocycles. The molecule has 2 aliphatic heterocycles. The molecule has 1 aromatic rings. The third-order valence-corrected chi connectivity index (χ3v) is 6.77. The maximum Gasteiger partial charge on any atom is 0.317 e. The number of carbonyl (C=O) groups excluding carboxylic acids is 1. The van der Waals surface area contributed by atoms with Gasteiger partial charge in [0.2, 0.25) is 10.0 Å². The summed E-state index contributed by atoms with van der Waals surface area (Å²) in [6.45, 7) is 7.19. The molecule has 2 bridgehead atoms. The van der Waals surface area contributed by atoms with Crippen LogP contribution in [-0.4, -0.2) is 68.1 Å². The summed E-state index contributed by atoms with van der Waals surface area (Å²) in [6.07, 6.45) is 0.264. The van der Waals surface area contributed by atoms with Gasteiger partial charge >= 0.3 is 6.03 Å². The first-order valence-corrected chi connectivity index (χ1v) is 10.5. The van der Waals surface area contributed by atoms with E-state index in [1.165, 1.54) is 4.31 Å². The third kappa shape index (κ3) is 4.02. The van der Waals surface area contributed by atoms with Crippen LogP contribution in [0, 0.1) is 6.92 Å². The Bertz CT molecular complexity index is 753. The van der Waals surface area contributed by atoms with Crippen LogP contribution in [-0.2, 0) is 14.8 Å². The number of carbonyl (C=O) groups is 1. The number of aryl methyl sites for hydroxylation is 1. The van der Waals surface area contributed by atoms with Crippen LogP contribution in [0.3, 0.4) is 0 Å². The summed E-state index contributed by atoms with van der Waals surface area (Å²) in [4.78, 5) is 14.4. The number of fused-ring (bicyclic) bond motifs is 2. The Hall–Kier alpha value is -1.64. The molecule has 0 spiro atoms. The van der Waals surface area contributed by atoms with E-state index in [-0.39, 0.29) is 37.4 Å². The number of hydrogen-bond donors (Lipinski definition) is 1. The Morgan fingerprint density at radius 3 is 2.50 bits per heavy atom. The van der Waals surface area contributed by atoms with Gasteiger partial charge in [-0.2, -0.15) is 4.31 Å². The summed E-state index contributed by atoms with van der Waals surface area (Å²) < 4.78 is 33.3. The first-order valence-electron chi connectivity index (χ1n) is 9.07. The quantitative estimate of drug-likeness (QED) is 0.859. The summed E-state index contributed by atoms with van der Waals surface area (Å²) in [5.41, 5.74) is 0.910. The number of benzene rings is 1. The topological polar surface area (TPSA) is 79.0 Å². The number of ether oxygens (including phenoxy) is 1. The molecule has 2 heterocycles. The summed E-state index contributed by atoms with van der Waals surface area (Å²) >= 11 is 0. The highest BCUT2D eigenvalue weighted by atomic mass is 32.2. The Morgan fingerprint density at radius 1 is 1.27 bits per heavy atom. The van der Waals surface area contributed by atoms with Gasteiger partial charge in [-0.25, -0.2) is 13.2 Å². The van der Waals surface area contributed by atoms with Gasteiger partial charge in [-0.1, -0.05) is 19.1 Å². The average molecular weight is 381 g/mol. The molecule has 8 heteroatoms. The van der Waals surface area contributed by atoms with Crippen molar-refractivity contribution in [3.63, 3.8) is 0 Å². The molecule has 0 radical (unpaired) electrons. The van der Waals surface area contributed by atoms with Crippen molar-refractivity contribution >= 4 is 16.1 Å². The second-order valence-electron chi connectivity index (χ2n) is 7.18. The minimum atomic E-state index is -3.55. The van der Waals surface area contributed by atoms with Gasteiger partial charge < -0.3 is 15.0 Å². The Labute approximate surface area is 155 Å². The maximum atomic E-state index is 12.9. The van der Waals surface area contributed by atoms with Crippen molar-refractivity contribution in [3.05, 3.63) is 29.8 Å². The summed E-state index contributed by atoms with van der Waals surface area (Å²) in [5.74, 6) is 0. The highest BCUT2D eigenvalue weighted by Crippen LogP contribution is 2.25. The number of sulfonamides is 1. The highest BCUT2D eigenvalue weighted by Gasteiger charge is 2.41. The van der Waals surface area contributed by atoms with Gasteiger partial charge in [0.1, 0.15) is 0 Å². The molecule has 3 rings (SSSR count). The molecule has 2 fully saturated rings. The first kappa shape index (κ1) is 19.1. The zero-order chi connectivity index (χ0) is 18.9. The zero-order valence-corrected chi connectivity index (χ0v) is 16.3. The number of amides is 2. The van der Waals surface area contributed by atoms with Gasteiger partial charge in [-0.15, -0.1) is 0 Å². The van der Waals surface area contributed by atoms with E-state index in [1.54, 1.807) is 23.1 Å². The Kier molecular flexibility index (Phi) is 5.55. The second-order valence-corrected chi connectivity index (χ2v) is 9.12. The first-order chi connectivity index (χ1) is 12.3. The predicted octanol–water partition coefficient (Wildman–Crippen LogP) is 1.58. The molecule has 0 saturated carbocycles. The Morgan fingerprint density at radius 2 is 1.92 bits per heavy atom. The summed E-state index contributed by atoms with van der Waals surface area (Å²) in [5, 5.41) is 2.96. The highest BCUT2D eigenvalue weighted by molar-refractivity contribution is 7.89. The van der Waals surface area contributed by atoms with E-state index in [1.807, 2.05) is 26.8 Å². The molecule has 1 unspecified atom stereocenters. The van der Waals surface area contributed by atoms with Crippen molar-refractivity contribution in [2.24, 2.45) is 0 Å². The molecule has 2 saturated heterocycles. The summed E-state index contributed by atoms with van der Waals surface area (Å²) in [6, 6.07) is 6.95. The number of hydrogen-bond acceptors (Lipinski definition) is 4. The largest absolute Gasteiger partial charge is 0.369 e. The second kappa shape index (κ2) is 7.54. The van der Waals surface area contributed by atoms with Gasteiger partial charge in [0.25, 0.3) is 0 Å². The van der Waals surface area contributed by atoms with E-state index >= 15 is 0 Å². The fourth-order valence-electron chi connectivity index (χ4n) is 3.35. The van der Waals surface area contributed by atoms with Crippen molar-refractivity contribution in [1.82, 2.24) is 14.5 Å². The summed E-state index contributed by atoms with van der Waals surface area (Å²) in [7, 11) is -3.55. The molecule has 26 heavy (non-hydrogen) atoms. The molecule has 0 aromatic heterocycles. The molecule has 1 N–H and O–H groups in total. The average Bonchev–Trinajstić information content (AvgIpc) is 2.60. The molecular formula is C18H27N3O4S. The minimum absolute atomic E-state index is 0.104. The number of morpholine rings is 2. The lowest BCUT2D eigenvalue weighted by atomic mass is 10.1. The van der Waals surface area contributed by atoms with Crippen LogP contribution in [0.1, 0.15) is 25.8 Å². The van der Waals surface area contributed by atoms with Gasteiger partial charge in [0, 0.05) is 19.1 Å². The lowest BCUT2D eigenvalue weighted by molar-refractivity contribution is -0.111. The molecule has 7 nitrogen and oxygen atoms in total. The van der Waals surface area contributed by atoms with Gasteiger partial charge in [0.15, 0.2) is 0 Å². The molecular weight excluding hydrogens is 354 g/mol. The molecule has 2 aliphatic rings. The van der Waals surface area contributed by atoms with Gasteiger partial charge in [0.05, 0.1) is 30.2 Å². The van der Waals surface area contributed by atoms with Crippen molar-refractivity contribution in [2.75, 3.05) is 26.2 Å². The van der Waals surface area contributed by atoms with Crippen LogP contribution >= 0.6 is 0 Å². The lowest BCUT2D eigenvalue weighted by Crippen LogP contribution is -2.62. The standard InChI is InChI=1S/C18H27N3O4S/c1-4-14(3)19-18(22)20-9-15-11-21(12-16(10-20)25-15)26(23,24)17-7-5-6-13(2)8-17/h5-8,14-16H,4,9-12H2,1-3H3,(H,19,22)/t14?,15-,16+. The zero-order valence-electron chi connectivity index (χ0n) is 15.5. The van der Waals surface area contributed by atoms with Gasteiger partial charge in [-0.05, 0) is 38.0 Å². The fourth-order valence-corrected chi connectivity index (χ4v) is 4.95. The normalized spacial score (nSPS) is 25.0. The van der Waals surface area contributed by atoms with E-state index < -0.39 is 10.0 Å². The number of nitrogens with one attached hydrogen (secondary N) is 1.